The molecule has 0 radical (unpaired) electrons. The van der Waals surface area contributed by atoms with Crippen molar-refractivity contribution in [1.29, 1.82) is 0 Å². The van der Waals surface area contributed by atoms with Crippen molar-refractivity contribution in [3.8, 4) is 0 Å². The van der Waals surface area contributed by atoms with Gasteiger partial charge >= 0.3 is 0 Å². The number of para-hydroxylation sites is 1. The van der Waals surface area contributed by atoms with Crippen LogP contribution in [0.25, 0.3) is 10.9 Å². The van der Waals surface area contributed by atoms with Crippen molar-refractivity contribution >= 4 is 10.9 Å². The van der Waals surface area contributed by atoms with Gasteiger partial charge in [0.25, 0.3) is 0 Å². The Morgan fingerprint density at radius 2 is 1.84 bits per heavy atom. The lowest BCUT2D eigenvalue weighted by molar-refractivity contribution is 0.223. The van der Waals surface area contributed by atoms with Gasteiger partial charge in [-0.2, -0.15) is 0 Å². The first kappa shape index (κ1) is 15.8. The van der Waals surface area contributed by atoms with E-state index in [0.29, 0.717) is 0 Å². The fourth-order valence-corrected chi connectivity index (χ4v) is 2.99. The number of rotatable bonds is 2. The Labute approximate surface area is 117 Å². The van der Waals surface area contributed by atoms with Crippen LogP contribution in [0.1, 0.15) is 46.1 Å². The fourth-order valence-electron chi connectivity index (χ4n) is 2.99. The van der Waals surface area contributed by atoms with Gasteiger partial charge in [0.05, 0.1) is 0 Å². The van der Waals surface area contributed by atoms with Crippen LogP contribution in [0.2, 0.25) is 0 Å². The zero-order valence-electron chi connectivity index (χ0n) is 10.4. The summed E-state index contributed by atoms with van der Waals surface area (Å²) >= 11 is 0. The van der Waals surface area contributed by atoms with E-state index in [9.17, 15) is 0 Å². The number of benzene rings is 1. The second kappa shape index (κ2) is 6.76. The Morgan fingerprint density at radius 3 is 2.53 bits per heavy atom. The van der Waals surface area contributed by atoms with Gasteiger partial charge in [0.1, 0.15) is 0 Å². The van der Waals surface area contributed by atoms with Gasteiger partial charge in [-0.25, -0.2) is 0 Å². The zero-order chi connectivity index (χ0) is 11.7. The molecule has 0 bridgehead atoms. The number of aromatic nitrogens is 1. The average molecular weight is 260 g/mol. The summed E-state index contributed by atoms with van der Waals surface area (Å²) in [7, 11) is 0. The van der Waals surface area contributed by atoms with E-state index in [1.54, 1.807) is 0 Å². The maximum absolute atomic E-state index is 3.40. The second-order valence-corrected chi connectivity index (χ2v) is 5.00. The number of likely N-dealkylation sites (tertiary alicyclic amines) is 1. The van der Waals surface area contributed by atoms with Crippen LogP contribution in [-0.2, 0) is 0 Å². The van der Waals surface area contributed by atoms with Gasteiger partial charge in [0.15, 0.2) is 0 Å². The molecule has 0 unspecified atom stereocenters. The number of piperidine rings is 1. The van der Waals surface area contributed by atoms with Crippen molar-refractivity contribution in [1.82, 2.24) is 9.88 Å². The van der Waals surface area contributed by atoms with Crippen molar-refractivity contribution < 1.29 is 0 Å². The molecule has 106 valence electrons. The highest BCUT2D eigenvalue weighted by Gasteiger charge is 2.21. The van der Waals surface area contributed by atoms with E-state index < -0.39 is 0 Å². The third-order valence-electron chi connectivity index (χ3n) is 4.10. The molecule has 0 saturated carbocycles. The zero-order valence-corrected chi connectivity index (χ0v) is 10.4. The first-order valence-corrected chi connectivity index (χ1v) is 6.67. The SMILES string of the molecule is C.C.CCN1CCC(c2c[nH]c3ccccc23)CC1. The maximum atomic E-state index is 3.40. The van der Waals surface area contributed by atoms with Crippen LogP contribution in [0.5, 0.6) is 0 Å². The van der Waals surface area contributed by atoms with Crippen molar-refractivity contribution in [2.24, 2.45) is 0 Å². The minimum absolute atomic E-state index is 0. The van der Waals surface area contributed by atoms with Crippen LogP contribution in [-0.4, -0.2) is 29.5 Å². The number of fused-ring (bicyclic) bond motifs is 1. The molecule has 1 aromatic heterocycles. The third-order valence-corrected chi connectivity index (χ3v) is 4.10. The van der Waals surface area contributed by atoms with Gasteiger partial charge in [-0.05, 0) is 50.0 Å². The summed E-state index contributed by atoms with van der Waals surface area (Å²) in [4.78, 5) is 5.94. The van der Waals surface area contributed by atoms with Gasteiger partial charge < -0.3 is 9.88 Å². The number of nitrogens with zero attached hydrogens (tertiary/aromatic N) is 1. The summed E-state index contributed by atoms with van der Waals surface area (Å²) in [5.41, 5.74) is 2.80. The smallest absolute Gasteiger partial charge is 0.0456 e. The Morgan fingerprint density at radius 1 is 1.16 bits per heavy atom. The molecular formula is C17H28N2. The van der Waals surface area contributed by atoms with Crippen molar-refractivity contribution in [2.45, 2.75) is 40.5 Å². The molecule has 1 aromatic carbocycles. The summed E-state index contributed by atoms with van der Waals surface area (Å²) in [5.74, 6) is 0.744. The van der Waals surface area contributed by atoms with Gasteiger partial charge in [-0.15, -0.1) is 0 Å². The van der Waals surface area contributed by atoms with E-state index in [1.807, 2.05) is 0 Å². The molecule has 1 aliphatic heterocycles. The molecule has 2 heterocycles. The highest BCUT2D eigenvalue weighted by molar-refractivity contribution is 5.83. The molecule has 1 saturated heterocycles. The molecule has 0 aliphatic carbocycles. The Bertz CT molecular complexity index is 493. The normalized spacial score (nSPS) is 16.9. The average Bonchev–Trinajstić information content (AvgIpc) is 2.83. The molecule has 2 aromatic rings. The minimum Gasteiger partial charge on any atom is -0.361 e. The quantitative estimate of drug-likeness (QED) is 0.833. The first-order valence-electron chi connectivity index (χ1n) is 6.67. The number of H-pyrrole nitrogens is 1. The topological polar surface area (TPSA) is 19.0 Å². The van der Waals surface area contributed by atoms with Crippen molar-refractivity contribution in [3.63, 3.8) is 0 Å². The summed E-state index contributed by atoms with van der Waals surface area (Å²) in [6.07, 6.45) is 4.82. The molecule has 1 aliphatic rings. The molecule has 2 heteroatoms. The molecule has 1 fully saturated rings. The molecule has 2 nitrogen and oxygen atoms in total. The largest absolute Gasteiger partial charge is 0.361 e. The van der Waals surface area contributed by atoms with Crippen LogP contribution in [0.15, 0.2) is 30.5 Å². The predicted octanol–water partition coefficient (Wildman–Crippen LogP) is 4.64. The lowest BCUT2D eigenvalue weighted by Gasteiger charge is -2.30. The maximum Gasteiger partial charge on any atom is 0.0456 e. The van der Waals surface area contributed by atoms with Crippen LogP contribution >= 0.6 is 0 Å². The van der Waals surface area contributed by atoms with E-state index in [0.717, 1.165) is 5.92 Å². The first-order chi connectivity index (χ1) is 8.38. The third kappa shape index (κ3) is 3.01. The van der Waals surface area contributed by atoms with Crippen LogP contribution in [0.3, 0.4) is 0 Å². The second-order valence-electron chi connectivity index (χ2n) is 5.00. The summed E-state index contributed by atoms with van der Waals surface area (Å²) in [6, 6.07) is 8.65. The Kier molecular flexibility index (Phi) is 5.61. The Hall–Kier alpha value is -1.28. The van der Waals surface area contributed by atoms with Crippen molar-refractivity contribution in [2.75, 3.05) is 19.6 Å². The monoisotopic (exact) mass is 260 g/mol. The lowest BCUT2D eigenvalue weighted by Crippen LogP contribution is -2.32. The van der Waals surface area contributed by atoms with Crippen LogP contribution in [0.4, 0.5) is 0 Å². The van der Waals surface area contributed by atoms with Gasteiger partial charge in [0.2, 0.25) is 0 Å². The summed E-state index contributed by atoms with van der Waals surface area (Å²) < 4.78 is 0. The molecule has 1 N–H and O–H groups in total. The van der Waals surface area contributed by atoms with E-state index in [1.165, 1.54) is 48.9 Å². The fraction of sp³-hybridized carbons (Fsp3) is 0.529. The molecule has 0 amide bonds. The van der Waals surface area contributed by atoms with E-state index in [4.69, 9.17) is 0 Å². The van der Waals surface area contributed by atoms with E-state index in [-0.39, 0.29) is 14.9 Å². The van der Waals surface area contributed by atoms with Crippen LogP contribution in [0, 0.1) is 0 Å². The molecular weight excluding hydrogens is 232 g/mol. The molecule has 0 spiro atoms. The van der Waals surface area contributed by atoms with Gasteiger partial charge in [0, 0.05) is 17.1 Å². The predicted molar refractivity (Wildman–Crippen MR) is 85.8 cm³/mol. The number of hydrogen-bond donors (Lipinski definition) is 1. The summed E-state index contributed by atoms with van der Waals surface area (Å²) in [5, 5.41) is 1.42. The van der Waals surface area contributed by atoms with E-state index >= 15 is 0 Å². The summed E-state index contributed by atoms with van der Waals surface area (Å²) in [6.45, 7) is 5.95. The van der Waals surface area contributed by atoms with E-state index in [2.05, 4.69) is 47.3 Å². The van der Waals surface area contributed by atoms with Gasteiger partial charge in [-0.1, -0.05) is 40.0 Å². The lowest BCUT2D eigenvalue weighted by atomic mass is 9.89. The Balaban J connectivity index is 0.000000902. The van der Waals surface area contributed by atoms with Crippen molar-refractivity contribution in [3.05, 3.63) is 36.0 Å². The molecule has 3 rings (SSSR count). The molecule has 19 heavy (non-hydrogen) atoms. The number of aromatic amines is 1. The van der Waals surface area contributed by atoms with Crippen LogP contribution < -0.4 is 0 Å². The highest BCUT2D eigenvalue weighted by atomic mass is 15.1. The standard InChI is InChI=1S/C15H20N2.2CH4/c1-2-17-9-7-12(8-10-17)14-11-16-15-6-4-3-5-13(14)15;;/h3-6,11-12,16H,2,7-10H2,1H3;2*1H4. The van der Waals surface area contributed by atoms with Gasteiger partial charge in [-0.3, -0.25) is 0 Å². The minimum atomic E-state index is 0. The number of nitrogens with one attached hydrogen (secondary N) is 1. The molecule has 0 atom stereocenters. The highest BCUT2D eigenvalue weighted by Crippen LogP contribution is 2.32. The number of hydrogen-bond acceptors (Lipinski definition) is 1.